The zero-order chi connectivity index (χ0) is 28.2. The third-order valence-corrected chi connectivity index (χ3v) is 7.77. The van der Waals surface area contributed by atoms with E-state index in [0.29, 0.717) is 0 Å². The van der Waals surface area contributed by atoms with Gasteiger partial charge in [-0.15, -0.1) is 0 Å². The van der Waals surface area contributed by atoms with Crippen molar-refractivity contribution in [2.45, 2.75) is 64.8 Å². The van der Waals surface area contributed by atoms with Crippen LogP contribution in [-0.4, -0.2) is 72.7 Å². The van der Waals surface area contributed by atoms with Crippen LogP contribution in [0.1, 0.15) is 48.1 Å². The van der Waals surface area contributed by atoms with Gasteiger partial charge in [-0.3, -0.25) is 4.79 Å². The summed E-state index contributed by atoms with van der Waals surface area (Å²) in [6.45, 7) is 7.59. The van der Waals surface area contributed by atoms with Crippen LogP contribution in [-0.2, 0) is 29.1 Å². The molecular weight excluding hydrogens is 522 g/mol. The molecule has 2 aliphatic rings. The van der Waals surface area contributed by atoms with E-state index >= 15 is 0 Å². The number of aliphatic hydroxyl groups is 2. The highest BCUT2D eigenvalue weighted by Crippen LogP contribution is 2.43. The fourth-order valence-corrected chi connectivity index (χ4v) is 5.79. The summed E-state index contributed by atoms with van der Waals surface area (Å²) in [6, 6.07) is 5.97. The molecule has 2 aliphatic heterocycles. The molecule has 0 unspecified atom stereocenters. The number of aliphatic hydroxyl groups excluding tert-OH is 2. The molecule has 0 spiro atoms. The minimum atomic E-state index is -4.58. The first-order valence-corrected chi connectivity index (χ1v) is 13.0. The number of benzene rings is 1. The van der Waals surface area contributed by atoms with Gasteiger partial charge in [-0.1, -0.05) is 0 Å². The lowest BCUT2D eigenvalue weighted by atomic mass is 9.89. The van der Waals surface area contributed by atoms with Crippen LogP contribution in [0.3, 0.4) is 0 Å². The minimum absolute atomic E-state index is 0.0205. The van der Waals surface area contributed by atoms with E-state index in [1.165, 1.54) is 26.2 Å². The average molecular weight is 552 g/mol. The number of H-pyrrole nitrogens is 1. The van der Waals surface area contributed by atoms with Gasteiger partial charge in [0.15, 0.2) is 34.4 Å². The molecule has 12 nitrogen and oxygen atoms in total. The van der Waals surface area contributed by atoms with Crippen molar-refractivity contribution in [3.05, 3.63) is 51.7 Å². The number of Topliss-reactive ketones (excluding diaryl/α,β-unsaturated/α-hetero) is 1. The summed E-state index contributed by atoms with van der Waals surface area (Å²) in [7, 11) is -3.18. The van der Waals surface area contributed by atoms with Crippen LogP contribution < -0.4 is 8.92 Å². The van der Waals surface area contributed by atoms with Gasteiger partial charge in [-0.05, 0) is 52.0 Å². The smallest absolute Gasteiger partial charge is 0.355 e. The molecule has 0 aliphatic carbocycles. The summed E-state index contributed by atoms with van der Waals surface area (Å²) in [5.74, 6) is -2.52. The Hall–Kier alpha value is -3.39. The summed E-state index contributed by atoms with van der Waals surface area (Å²) in [5, 5.41) is 21.6. The third-order valence-electron chi connectivity index (χ3n) is 6.40. The first-order valence-electron chi connectivity index (χ1n) is 11.6. The van der Waals surface area contributed by atoms with Gasteiger partial charge in [0.25, 0.3) is 0 Å². The van der Waals surface area contributed by atoms with Crippen molar-refractivity contribution in [1.82, 2.24) is 4.98 Å². The topological polar surface area (TPSA) is 171 Å². The van der Waals surface area contributed by atoms with Crippen molar-refractivity contribution in [3.8, 4) is 11.5 Å². The molecule has 1 aromatic carbocycles. The monoisotopic (exact) mass is 551 g/mol. The number of rotatable bonds is 6. The van der Waals surface area contributed by atoms with E-state index in [0.717, 1.165) is 12.6 Å². The predicted molar refractivity (Wildman–Crippen MR) is 132 cm³/mol. The number of aromatic amines is 1. The van der Waals surface area contributed by atoms with Gasteiger partial charge >= 0.3 is 16.1 Å². The van der Waals surface area contributed by atoms with E-state index in [9.17, 15) is 28.2 Å². The number of methoxy groups -OCH3 is 1. The van der Waals surface area contributed by atoms with Crippen LogP contribution in [0.2, 0.25) is 0 Å². The van der Waals surface area contributed by atoms with Gasteiger partial charge in [0.05, 0.1) is 11.2 Å². The molecule has 13 heteroatoms. The lowest BCUT2D eigenvalue weighted by molar-refractivity contribution is -0.305. The molecule has 0 amide bonds. The Morgan fingerprint density at radius 3 is 2.39 bits per heavy atom. The van der Waals surface area contributed by atoms with E-state index in [4.69, 9.17) is 23.1 Å². The zero-order valence-corrected chi connectivity index (χ0v) is 22.4. The van der Waals surface area contributed by atoms with Crippen molar-refractivity contribution < 1.29 is 51.4 Å². The number of ketones is 1. The Morgan fingerprint density at radius 1 is 1.13 bits per heavy atom. The predicted octanol–water partition coefficient (Wildman–Crippen LogP) is 2.28. The van der Waals surface area contributed by atoms with E-state index in [1.807, 2.05) is 0 Å². The fourth-order valence-electron chi connectivity index (χ4n) is 4.57. The van der Waals surface area contributed by atoms with Crippen molar-refractivity contribution in [3.63, 3.8) is 0 Å². The number of allylic oxidation sites excluding steroid dienone is 1. The van der Waals surface area contributed by atoms with Gasteiger partial charge < -0.3 is 38.3 Å². The van der Waals surface area contributed by atoms with Crippen LogP contribution in [0, 0.1) is 13.8 Å². The van der Waals surface area contributed by atoms with E-state index in [-0.39, 0.29) is 28.3 Å². The van der Waals surface area contributed by atoms with Crippen LogP contribution in [0.15, 0.2) is 29.2 Å². The number of nitrogens with one attached hydrogen (secondary N) is 1. The Balaban J connectivity index is 1.66. The number of aryl methyl sites for hydroxylation is 1. The number of fused-ring (bicyclic) bond motifs is 1. The van der Waals surface area contributed by atoms with Gasteiger partial charge in [-0.25, -0.2) is 4.79 Å². The number of ether oxygens (including phenoxy) is 4. The normalized spacial score (nSPS) is 25.8. The zero-order valence-electron chi connectivity index (χ0n) is 21.6. The summed E-state index contributed by atoms with van der Waals surface area (Å²) < 4.78 is 53.1. The second-order valence-electron chi connectivity index (χ2n) is 9.62. The molecule has 1 aromatic heterocycles. The molecule has 0 radical (unpaired) electrons. The molecule has 3 N–H and O–H groups in total. The van der Waals surface area contributed by atoms with Gasteiger partial charge in [0, 0.05) is 25.3 Å². The molecule has 4 rings (SSSR count). The van der Waals surface area contributed by atoms with Gasteiger partial charge in [-0.2, -0.15) is 8.42 Å². The second-order valence-corrected chi connectivity index (χ2v) is 11.1. The fraction of sp³-hybridized carbons (Fsp3) is 0.440. The molecule has 1 saturated heterocycles. The Bertz CT molecular complexity index is 1420. The largest absolute Gasteiger partial charge is 0.506 e. The molecule has 2 aromatic rings. The SMILES string of the molecule is CO[C@@H]1[C@@H](OC(=O)c2ccc(C)[nH]2)[C@@H](O)[C@H](Oc2ccc3c(c2C)OS(=O)(=O)C(C(C)=O)=C3O)OC1(C)C. The quantitative estimate of drug-likeness (QED) is 0.355. The van der Waals surface area contributed by atoms with Crippen molar-refractivity contribution in [2.75, 3.05) is 7.11 Å². The van der Waals surface area contributed by atoms with Gasteiger partial charge in [0.2, 0.25) is 6.29 Å². The first-order chi connectivity index (χ1) is 17.7. The maximum absolute atomic E-state index is 12.8. The minimum Gasteiger partial charge on any atom is -0.506 e. The number of hydrogen-bond donors (Lipinski definition) is 3. The van der Waals surface area contributed by atoms with Crippen LogP contribution in [0.4, 0.5) is 0 Å². The highest BCUT2D eigenvalue weighted by molar-refractivity contribution is 7.92. The van der Waals surface area contributed by atoms with Crippen molar-refractivity contribution >= 4 is 27.6 Å². The second kappa shape index (κ2) is 9.73. The highest BCUT2D eigenvalue weighted by Gasteiger charge is 2.53. The first kappa shape index (κ1) is 27.6. The van der Waals surface area contributed by atoms with E-state index < -0.39 is 62.7 Å². The Morgan fingerprint density at radius 2 is 1.82 bits per heavy atom. The number of carbonyl (C=O) groups excluding carboxylic acids is 2. The van der Waals surface area contributed by atoms with Crippen LogP contribution in [0.5, 0.6) is 11.5 Å². The van der Waals surface area contributed by atoms with Crippen molar-refractivity contribution in [2.24, 2.45) is 0 Å². The third kappa shape index (κ3) is 4.77. The maximum Gasteiger partial charge on any atom is 0.355 e. The molecule has 206 valence electrons. The lowest BCUT2D eigenvalue weighted by Crippen LogP contribution is -2.65. The molecule has 0 bridgehead atoms. The standard InChI is InChI=1S/C25H29NO11S/c1-11-7-9-15(26-11)23(30)35-20-18(29)24(36-25(4,5)22(20)33-6)34-16-10-8-14-17(28)21(13(3)27)38(31,32)37-19(14)12(16)2/h7-10,18,20,22,24,26,28-29H,1-6H3/t18-,20+,22-,24-/m1/s1. The summed E-state index contributed by atoms with van der Waals surface area (Å²) in [4.78, 5) is 26.6. The molecular formula is C25H29NO11S. The Kier molecular flexibility index (Phi) is 7.08. The number of esters is 1. The summed E-state index contributed by atoms with van der Waals surface area (Å²) in [5.41, 5.74) is -0.0362. The number of aromatic nitrogens is 1. The molecule has 0 saturated carbocycles. The lowest BCUT2D eigenvalue weighted by Gasteiger charge is -2.47. The average Bonchev–Trinajstić information content (AvgIpc) is 3.24. The van der Waals surface area contributed by atoms with E-state index in [2.05, 4.69) is 4.98 Å². The Labute approximate surface area is 219 Å². The summed E-state index contributed by atoms with van der Waals surface area (Å²) >= 11 is 0. The molecule has 3 heterocycles. The number of carbonyl (C=O) groups is 2. The van der Waals surface area contributed by atoms with Crippen LogP contribution in [0.25, 0.3) is 5.76 Å². The molecule has 4 atom stereocenters. The maximum atomic E-state index is 12.8. The number of hydrogen-bond acceptors (Lipinski definition) is 11. The summed E-state index contributed by atoms with van der Waals surface area (Å²) in [6.07, 6.45) is -4.98. The van der Waals surface area contributed by atoms with Gasteiger partial charge in [0.1, 0.15) is 17.5 Å². The van der Waals surface area contributed by atoms with Crippen LogP contribution >= 0.6 is 0 Å². The molecule has 1 fully saturated rings. The molecule has 38 heavy (non-hydrogen) atoms. The highest BCUT2D eigenvalue weighted by atomic mass is 32.2. The van der Waals surface area contributed by atoms with Crippen molar-refractivity contribution in [1.29, 1.82) is 0 Å². The van der Waals surface area contributed by atoms with E-state index in [1.54, 1.807) is 32.9 Å².